The van der Waals surface area contributed by atoms with Gasteiger partial charge in [-0.3, -0.25) is 4.79 Å². The van der Waals surface area contributed by atoms with E-state index in [1.165, 1.54) is 11.0 Å². The molecule has 2 fully saturated rings. The van der Waals surface area contributed by atoms with Crippen LogP contribution >= 0.6 is 35.0 Å². The topological polar surface area (TPSA) is 76.0 Å². The van der Waals surface area contributed by atoms with Crippen LogP contribution in [0.3, 0.4) is 0 Å². The highest BCUT2D eigenvalue weighted by Crippen LogP contribution is 2.43. The van der Waals surface area contributed by atoms with Crippen LogP contribution in [0, 0.1) is 0 Å². The molecule has 6 nitrogen and oxygen atoms in total. The summed E-state index contributed by atoms with van der Waals surface area (Å²) in [6.45, 7) is -0.415. The van der Waals surface area contributed by atoms with Crippen LogP contribution in [-0.2, 0) is 20.8 Å². The van der Waals surface area contributed by atoms with Crippen molar-refractivity contribution in [3.05, 3.63) is 58.1 Å². The van der Waals surface area contributed by atoms with Gasteiger partial charge in [0.1, 0.15) is 5.75 Å². The summed E-state index contributed by atoms with van der Waals surface area (Å²) < 4.78 is 69.8. The van der Waals surface area contributed by atoms with Gasteiger partial charge in [0.25, 0.3) is 5.91 Å². The third-order valence-corrected chi connectivity index (χ3v) is 8.79. The Labute approximate surface area is 201 Å². The predicted octanol–water partition coefficient (Wildman–Crippen LogP) is 4.69. The first-order chi connectivity index (χ1) is 15.4. The number of amides is 1. The molecule has 2 aliphatic rings. The number of amidine groups is 1. The highest BCUT2D eigenvalue weighted by molar-refractivity contribution is 8.16. The molecule has 2 aromatic carbocycles. The van der Waals surface area contributed by atoms with Crippen molar-refractivity contribution in [3.8, 4) is 5.75 Å². The summed E-state index contributed by atoms with van der Waals surface area (Å²) in [6.07, 6.45) is -4.71. The first-order valence-corrected chi connectivity index (χ1v) is 12.9. The maximum atomic E-state index is 13.4. The summed E-state index contributed by atoms with van der Waals surface area (Å²) in [6, 6.07) is 8.92. The van der Waals surface area contributed by atoms with E-state index in [0.717, 1.165) is 23.9 Å². The Morgan fingerprint density at radius 2 is 1.85 bits per heavy atom. The van der Waals surface area contributed by atoms with Gasteiger partial charge in [0.2, 0.25) is 0 Å². The molecule has 0 N–H and O–H groups in total. The molecule has 33 heavy (non-hydrogen) atoms. The minimum atomic E-state index is -4.71. The van der Waals surface area contributed by atoms with Crippen LogP contribution in [0.25, 0.3) is 0 Å². The van der Waals surface area contributed by atoms with Gasteiger partial charge in [-0.15, -0.1) is 0 Å². The lowest BCUT2D eigenvalue weighted by molar-refractivity contribution is -0.137. The molecule has 2 heterocycles. The molecule has 0 aliphatic carbocycles. The van der Waals surface area contributed by atoms with Crippen LogP contribution in [0.1, 0.15) is 5.56 Å². The highest BCUT2D eigenvalue weighted by atomic mass is 35.5. The van der Waals surface area contributed by atoms with Gasteiger partial charge < -0.3 is 9.64 Å². The van der Waals surface area contributed by atoms with E-state index in [-0.39, 0.29) is 22.4 Å². The van der Waals surface area contributed by atoms with Crippen molar-refractivity contribution in [1.29, 1.82) is 0 Å². The second-order valence-corrected chi connectivity index (χ2v) is 11.6. The summed E-state index contributed by atoms with van der Waals surface area (Å²) >= 11 is 12.6. The quantitative estimate of drug-likeness (QED) is 0.561. The Bertz CT molecular complexity index is 1220. The number of aliphatic imine (C=N–C) groups is 1. The summed E-state index contributed by atoms with van der Waals surface area (Å²) in [5.74, 6) is -0.708. The highest BCUT2D eigenvalue weighted by Gasteiger charge is 2.49. The third kappa shape index (κ3) is 5.42. The first kappa shape index (κ1) is 24.2. The van der Waals surface area contributed by atoms with E-state index in [4.69, 9.17) is 27.9 Å². The zero-order valence-electron chi connectivity index (χ0n) is 16.6. The number of carbonyl (C=O) groups excluding carboxylic acids is 1. The van der Waals surface area contributed by atoms with Gasteiger partial charge in [-0.25, -0.2) is 8.42 Å². The van der Waals surface area contributed by atoms with Crippen LogP contribution in [0.15, 0.2) is 47.5 Å². The van der Waals surface area contributed by atoms with Crippen molar-refractivity contribution in [2.24, 2.45) is 4.99 Å². The average molecular weight is 539 g/mol. The lowest BCUT2D eigenvalue weighted by Gasteiger charge is -2.25. The fourth-order valence-corrected chi connectivity index (χ4v) is 7.84. The summed E-state index contributed by atoms with van der Waals surface area (Å²) in [5, 5.41) is -0.349. The Balaban J connectivity index is 1.63. The lowest BCUT2D eigenvalue weighted by atomic mass is 10.1. The summed E-state index contributed by atoms with van der Waals surface area (Å²) in [4.78, 5) is 17.8. The fourth-order valence-electron chi connectivity index (χ4n) is 3.56. The molecule has 0 saturated carbocycles. The molecule has 1 amide bonds. The fraction of sp³-hybridized carbons (Fsp3) is 0.300. The minimum Gasteiger partial charge on any atom is -0.484 e. The Morgan fingerprint density at radius 3 is 2.52 bits per heavy atom. The van der Waals surface area contributed by atoms with E-state index in [1.54, 1.807) is 24.3 Å². The number of nitrogens with zero attached hydrogens (tertiary/aromatic N) is 2. The van der Waals surface area contributed by atoms with Crippen molar-refractivity contribution < 1.29 is 31.1 Å². The number of fused-ring (bicyclic) bond motifs is 1. The van der Waals surface area contributed by atoms with Gasteiger partial charge in [0.15, 0.2) is 21.6 Å². The van der Waals surface area contributed by atoms with E-state index in [9.17, 15) is 26.4 Å². The number of carbonyl (C=O) groups is 1. The van der Waals surface area contributed by atoms with E-state index < -0.39 is 50.4 Å². The van der Waals surface area contributed by atoms with Gasteiger partial charge in [-0.2, -0.15) is 18.2 Å². The number of halogens is 5. The SMILES string of the molecule is O=C(COc1ccc(Cl)cc1)N=C1SC2CS(=O)(=O)CC2N1c1ccc(Cl)c(C(F)(F)F)c1. The van der Waals surface area contributed by atoms with Crippen molar-refractivity contribution in [3.63, 3.8) is 0 Å². The molecule has 2 aromatic rings. The number of rotatable bonds is 4. The van der Waals surface area contributed by atoms with Crippen molar-refractivity contribution in [2.45, 2.75) is 17.5 Å². The Hall–Kier alpha value is -1.95. The standard InChI is InChI=1S/C20H15Cl2F3N2O4S2/c21-11-1-4-13(5-2-11)31-8-18(28)26-19-27(16-9-33(29,30)10-17(16)32-19)12-3-6-15(22)14(7-12)20(23,24)25/h1-7,16-17H,8-10H2. The second-order valence-electron chi connectivity index (χ2n) is 7.36. The molecular weight excluding hydrogens is 524 g/mol. The summed E-state index contributed by atoms with van der Waals surface area (Å²) in [7, 11) is -3.38. The van der Waals surface area contributed by atoms with Crippen molar-refractivity contribution >= 4 is 61.6 Å². The van der Waals surface area contributed by atoms with Crippen LogP contribution in [0.5, 0.6) is 5.75 Å². The van der Waals surface area contributed by atoms with Gasteiger partial charge in [0, 0.05) is 16.0 Å². The van der Waals surface area contributed by atoms with Gasteiger partial charge >= 0.3 is 6.18 Å². The van der Waals surface area contributed by atoms with E-state index in [2.05, 4.69) is 4.99 Å². The molecule has 176 valence electrons. The first-order valence-electron chi connectivity index (χ1n) is 9.46. The van der Waals surface area contributed by atoms with E-state index >= 15 is 0 Å². The molecule has 2 atom stereocenters. The largest absolute Gasteiger partial charge is 0.484 e. The zero-order chi connectivity index (χ0) is 24.0. The third-order valence-electron chi connectivity index (χ3n) is 5.00. The van der Waals surface area contributed by atoms with Gasteiger partial charge in [0.05, 0.1) is 28.1 Å². The number of thioether (sulfide) groups is 1. The molecule has 2 saturated heterocycles. The molecule has 0 bridgehead atoms. The number of benzene rings is 2. The monoisotopic (exact) mass is 538 g/mol. The van der Waals surface area contributed by atoms with Crippen LogP contribution in [0.4, 0.5) is 18.9 Å². The lowest BCUT2D eigenvalue weighted by Crippen LogP contribution is -2.38. The van der Waals surface area contributed by atoms with Gasteiger partial charge in [-0.1, -0.05) is 35.0 Å². The minimum absolute atomic E-state index is 0.0500. The molecule has 0 aromatic heterocycles. The average Bonchev–Trinajstić information content (AvgIpc) is 3.18. The normalized spacial score (nSPS) is 23.1. The Kier molecular flexibility index (Phi) is 6.60. The maximum absolute atomic E-state index is 13.4. The molecule has 2 unspecified atom stereocenters. The number of ether oxygens (including phenoxy) is 1. The molecule has 13 heteroatoms. The molecule has 0 spiro atoms. The number of hydrogen-bond donors (Lipinski definition) is 0. The molecule has 0 radical (unpaired) electrons. The predicted molar refractivity (Wildman–Crippen MR) is 122 cm³/mol. The smallest absolute Gasteiger partial charge is 0.417 e. The molecule has 4 rings (SSSR count). The maximum Gasteiger partial charge on any atom is 0.417 e. The molecular formula is C20H15Cl2F3N2O4S2. The zero-order valence-corrected chi connectivity index (χ0v) is 19.7. The molecule has 2 aliphatic heterocycles. The summed E-state index contributed by atoms with van der Waals surface area (Å²) in [5.41, 5.74) is -1.01. The second kappa shape index (κ2) is 9.01. The number of alkyl halides is 3. The number of hydrogen-bond acceptors (Lipinski definition) is 5. The van der Waals surface area contributed by atoms with Crippen molar-refractivity contribution in [1.82, 2.24) is 0 Å². The number of anilines is 1. The van der Waals surface area contributed by atoms with Gasteiger partial charge in [-0.05, 0) is 42.5 Å². The Morgan fingerprint density at radius 1 is 1.15 bits per heavy atom. The van der Waals surface area contributed by atoms with Crippen molar-refractivity contribution in [2.75, 3.05) is 23.0 Å². The van der Waals surface area contributed by atoms with Crippen LogP contribution in [0.2, 0.25) is 10.0 Å². The van der Waals surface area contributed by atoms with Crippen LogP contribution < -0.4 is 9.64 Å². The van der Waals surface area contributed by atoms with E-state index in [0.29, 0.717) is 10.8 Å². The number of sulfone groups is 1. The van der Waals surface area contributed by atoms with Crippen LogP contribution in [-0.4, -0.2) is 48.9 Å². The van der Waals surface area contributed by atoms with E-state index in [1.807, 2.05) is 0 Å².